The zero-order valence-corrected chi connectivity index (χ0v) is 14.2. The van der Waals surface area contributed by atoms with E-state index in [0.29, 0.717) is 18.5 Å². The molecule has 1 aromatic heterocycles. The van der Waals surface area contributed by atoms with Gasteiger partial charge in [0.25, 0.3) is 0 Å². The third-order valence-corrected chi connectivity index (χ3v) is 5.45. The second-order valence-electron chi connectivity index (χ2n) is 6.13. The Hall–Kier alpha value is -1.86. The lowest BCUT2D eigenvalue weighted by atomic mass is 9.95. The van der Waals surface area contributed by atoms with Gasteiger partial charge in [-0.15, -0.1) is 11.3 Å². The van der Waals surface area contributed by atoms with Gasteiger partial charge in [0.1, 0.15) is 6.04 Å². The molecule has 2 atom stereocenters. The fourth-order valence-corrected chi connectivity index (χ4v) is 4.22. The molecule has 3 nitrogen and oxygen atoms in total. The van der Waals surface area contributed by atoms with Crippen molar-refractivity contribution >= 4 is 17.3 Å². The Bertz CT molecular complexity index is 713. The van der Waals surface area contributed by atoms with Crippen molar-refractivity contribution in [2.45, 2.75) is 37.5 Å². The van der Waals surface area contributed by atoms with Crippen LogP contribution in [-0.2, 0) is 11.0 Å². The monoisotopic (exact) mass is 369 g/mol. The van der Waals surface area contributed by atoms with Crippen molar-refractivity contribution in [2.24, 2.45) is 0 Å². The number of nitrogens with zero attached hydrogens (tertiary/aromatic N) is 1. The summed E-state index contributed by atoms with van der Waals surface area (Å²) in [6.45, 7) is 0.612. The van der Waals surface area contributed by atoms with Gasteiger partial charge < -0.3 is 5.11 Å². The number of alkyl halides is 3. The number of carboxylic acid groups (broad SMARTS) is 1. The minimum absolute atomic E-state index is 0.344. The van der Waals surface area contributed by atoms with Crippen molar-refractivity contribution in [3.63, 3.8) is 0 Å². The molecule has 1 N–H and O–H groups in total. The molecule has 134 valence electrons. The van der Waals surface area contributed by atoms with Gasteiger partial charge in [-0.25, -0.2) is 0 Å². The molecule has 25 heavy (non-hydrogen) atoms. The van der Waals surface area contributed by atoms with Gasteiger partial charge >= 0.3 is 12.1 Å². The molecule has 2 aromatic rings. The van der Waals surface area contributed by atoms with Crippen LogP contribution in [0.1, 0.15) is 41.3 Å². The van der Waals surface area contributed by atoms with Gasteiger partial charge in [0, 0.05) is 4.88 Å². The fraction of sp³-hybridized carbons (Fsp3) is 0.389. The molecule has 1 aromatic carbocycles. The molecule has 0 saturated carbocycles. The Morgan fingerprint density at radius 3 is 2.48 bits per heavy atom. The first-order valence-electron chi connectivity index (χ1n) is 8.07. The smallest absolute Gasteiger partial charge is 0.416 e. The molecular weight excluding hydrogens is 351 g/mol. The first-order valence-corrected chi connectivity index (χ1v) is 8.95. The van der Waals surface area contributed by atoms with Crippen LogP contribution in [0.2, 0.25) is 0 Å². The van der Waals surface area contributed by atoms with Crippen LogP contribution in [0.4, 0.5) is 13.2 Å². The van der Waals surface area contributed by atoms with Gasteiger partial charge in [0.15, 0.2) is 0 Å². The number of piperidine rings is 1. The number of halogens is 3. The zero-order chi connectivity index (χ0) is 18.0. The Kier molecular flexibility index (Phi) is 5.15. The lowest BCUT2D eigenvalue weighted by Gasteiger charge is -2.39. The van der Waals surface area contributed by atoms with E-state index >= 15 is 0 Å². The average molecular weight is 369 g/mol. The highest BCUT2D eigenvalue weighted by molar-refractivity contribution is 7.10. The summed E-state index contributed by atoms with van der Waals surface area (Å²) in [6, 6.07) is 7.86. The molecular formula is C18H18F3NO2S. The molecule has 2 heterocycles. The van der Waals surface area contributed by atoms with Crippen molar-refractivity contribution in [3.8, 4) is 0 Å². The lowest BCUT2D eigenvalue weighted by Crippen LogP contribution is -2.46. The van der Waals surface area contributed by atoms with E-state index in [1.807, 2.05) is 22.4 Å². The van der Waals surface area contributed by atoms with E-state index < -0.39 is 23.8 Å². The number of hydrogen-bond acceptors (Lipinski definition) is 3. The van der Waals surface area contributed by atoms with Crippen LogP contribution in [0.3, 0.4) is 0 Å². The predicted molar refractivity (Wildman–Crippen MR) is 89.6 cm³/mol. The third-order valence-electron chi connectivity index (χ3n) is 4.53. The Morgan fingerprint density at radius 2 is 1.92 bits per heavy atom. The van der Waals surface area contributed by atoms with Crippen molar-refractivity contribution in [1.29, 1.82) is 0 Å². The zero-order valence-electron chi connectivity index (χ0n) is 13.4. The molecule has 1 aliphatic heterocycles. The maximum atomic E-state index is 12.8. The van der Waals surface area contributed by atoms with E-state index in [1.54, 1.807) is 0 Å². The first kappa shape index (κ1) is 17.9. The summed E-state index contributed by atoms with van der Waals surface area (Å²) < 4.78 is 38.5. The predicted octanol–water partition coefficient (Wildman–Crippen LogP) is 4.80. The maximum Gasteiger partial charge on any atom is 0.416 e. The van der Waals surface area contributed by atoms with Crippen molar-refractivity contribution in [2.75, 3.05) is 6.54 Å². The SMILES string of the molecule is O=C(O)C1CCCCN1C(c1ccc(C(F)(F)F)cc1)c1cccs1. The maximum absolute atomic E-state index is 12.8. The van der Waals surface area contributed by atoms with Crippen LogP contribution in [0.15, 0.2) is 41.8 Å². The average Bonchev–Trinajstić information content (AvgIpc) is 3.09. The number of aliphatic carboxylic acids is 1. The van der Waals surface area contributed by atoms with Gasteiger partial charge in [-0.3, -0.25) is 9.69 Å². The molecule has 3 rings (SSSR count). The van der Waals surface area contributed by atoms with E-state index in [4.69, 9.17) is 0 Å². The van der Waals surface area contributed by atoms with Gasteiger partial charge in [-0.2, -0.15) is 13.2 Å². The number of thiophene rings is 1. The molecule has 0 radical (unpaired) electrons. The van der Waals surface area contributed by atoms with E-state index in [9.17, 15) is 23.1 Å². The Balaban J connectivity index is 1.99. The summed E-state index contributed by atoms with van der Waals surface area (Å²) in [5, 5.41) is 11.5. The fourth-order valence-electron chi connectivity index (χ4n) is 3.35. The highest BCUT2D eigenvalue weighted by atomic mass is 32.1. The standard InChI is InChI=1S/C18H18F3NO2S/c19-18(20,21)13-8-6-12(7-9-13)16(15-5-3-11-25-15)22-10-2-1-4-14(22)17(23)24/h3,5-9,11,14,16H,1-2,4,10H2,(H,23,24). The Morgan fingerprint density at radius 1 is 1.20 bits per heavy atom. The number of benzene rings is 1. The molecule has 1 saturated heterocycles. The molecule has 7 heteroatoms. The highest BCUT2D eigenvalue weighted by Crippen LogP contribution is 2.37. The summed E-state index contributed by atoms with van der Waals surface area (Å²) in [5.41, 5.74) is -0.0155. The van der Waals surface area contributed by atoms with Crippen molar-refractivity contribution in [1.82, 2.24) is 4.90 Å². The van der Waals surface area contributed by atoms with Crippen LogP contribution in [0, 0.1) is 0 Å². The second kappa shape index (κ2) is 7.17. The van der Waals surface area contributed by atoms with Crippen molar-refractivity contribution in [3.05, 3.63) is 57.8 Å². The van der Waals surface area contributed by atoms with Crippen LogP contribution in [0.25, 0.3) is 0 Å². The number of hydrogen-bond donors (Lipinski definition) is 1. The molecule has 0 aliphatic carbocycles. The van der Waals surface area contributed by atoms with E-state index in [-0.39, 0.29) is 6.04 Å². The topological polar surface area (TPSA) is 40.5 Å². The van der Waals surface area contributed by atoms with Gasteiger partial charge in [0.2, 0.25) is 0 Å². The quantitative estimate of drug-likeness (QED) is 0.842. The number of rotatable bonds is 4. The van der Waals surface area contributed by atoms with Crippen LogP contribution in [0.5, 0.6) is 0 Å². The normalized spacial score (nSPS) is 20.4. The molecule has 0 amide bonds. The molecule has 0 spiro atoms. The van der Waals surface area contributed by atoms with Crippen LogP contribution >= 0.6 is 11.3 Å². The molecule has 0 bridgehead atoms. The largest absolute Gasteiger partial charge is 0.480 e. The van der Waals surface area contributed by atoms with Crippen molar-refractivity contribution < 1.29 is 23.1 Å². The van der Waals surface area contributed by atoms with Gasteiger partial charge in [-0.1, -0.05) is 24.6 Å². The summed E-state index contributed by atoms with van der Waals surface area (Å²) in [4.78, 5) is 14.5. The highest BCUT2D eigenvalue weighted by Gasteiger charge is 2.36. The number of likely N-dealkylation sites (tertiary alicyclic amines) is 1. The third kappa shape index (κ3) is 3.88. The Labute approximate surface area is 147 Å². The summed E-state index contributed by atoms with van der Waals surface area (Å²) in [6.07, 6.45) is -2.10. The van der Waals surface area contributed by atoms with Gasteiger partial charge in [-0.05, 0) is 48.5 Å². The second-order valence-corrected chi connectivity index (χ2v) is 7.10. The molecule has 1 fully saturated rings. The number of carbonyl (C=O) groups is 1. The number of carboxylic acids is 1. The lowest BCUT2D eigenvalue weighted by molar-refractivity contribution is -0.145. The minimum Gasteiger partial charge on any atom is -0.480 e. The summed E-state index contributed by atoms with van der Waals surface area (Å²) in [7, 11) is 0. The first-order chi connectivity index (χ1) is 11.9. The molecule has 1 aliphatic rings. The van der Waals surface area contributed by atoms with E-state index in [2.05, 4.69) is 0 Å². The van der Waals surface area contributed by atoms with E-state index in [1.165, 1.54) is 23.5 Å². The van der Waals surface area contributed by atoms with Gasteiger partial charge in [0.05, 0.1) is 11.6 Å². The molecule has 2 unspecified atom stereocenters. The van der Waals surface area contributed by atoms with E-state index in [0.717, 1.165) is 29.9 Å². The van der Waals surface area contributed by atoms with Crippen LogP contribution in [-0.4, -0.2) is 28.6 Å². The summed E-state index contributed by atoms with van der Waals surface area (Å²) in [5.74, 6) is -0.881. The summed E-state index contributed by atoms with van der Waals surface area (Å²) >= 11 is 1.49. The van der Waals surface area contributed by atoms with Crippen LogP contribution < -0.4 is 0 Å². The minimum atomic E-state index is -4.38.